The molecule has 0 spiro atoms. The highest BCUT2D eigenvalue weighted by molar-refractivity contribution is 5.16. The molecule has 0 amide bonds. The zero-order chi connectivity index (χ0) is 15.0. The van der Waals surface area contributed by atoms with E-state index in [0.717, 1.165) is 18.5 Å². The number of hydrogen-bond donors (Lipinski definition) is 1. The lowest BCUT2D eigenvalue weighted by Crippen LogP contribution is -2.49. The van der Waals surface area contributed by atoms with E-state index in [0.29, 0.717) is 6.54 Å². The molecule has 0 radical (unpaired) electrons. The molecule has 1 aromatic rings. The molecule has 0 fully saturated rings. The SMILES string of the molecule is CCCCCCC(C)(CN)N(C)Cc1cccc(F)c1. The summed E-state index contributed by atoms with van der Waals surface area (Å²) in [5.74, 6) is -0.173. The molecule has 0 aromatic heterocycles. The van der Waals surface area contributed by atoms with Gasteiger partial charge in [-0.2, -0.15) is 0 Å². The quantitative estimate of drug-likeness (QED) is 0.694. The molecule has 0 saturated carbocycles. The maximum atomic E-state index is 13.2. The second kappa shape index (κ2) is 8.38. The van der Waals surface area contributed by atoms with Crippen LogP contribution < -0.4 is 5.73 Å². The summed E-state index contributed by atoms with van der Waals surface area (Å²) >= 11 is 0. The number of unbranched alkanes of at least 4 members (excludes halogenated alkanes) is 3. The van der Waals surface area contributed by atoms with Gasteiger partial charge in [-0.05, 0) is 38.1 Å². The van der Waals surface area contributed by atoms with Crippen molar-refractivity contribution < 1.29 is 4.39 Å². The van der Waals surface area contributed by atoms with Crippen molar-refractivity contribution in [2.24, 2.45) is 5.73 Å². The molecule has 0 saturated heterocycles. The van der Waals surface area contributed by atoms with Crippen molar-refractivity contribution in [3.05, 3.63) is 35.6 Å². The number of nitrogens with two attached hydrogens (primary N) is 1. The number of likely N-dealkylation sites (N-methyl/N-ethyl adjacent to an activating group) is 1. The molecular formula is C17H29FN2. The number of nitrogens with zero attached hydrogens (tertiary/aromatic N) is 1. The van der Waals surface area contributed by atoms with Crippen LogP contribution in [0.4, 0.5) is 4.39 Å². The van der Waals surface area contributed by atoms with E-state index in [1.807, 2.05) is 6.07 Å². The van der Waals surface area contributed by atoms with Gasteiger partial charge >= 0.3 is 0 Å². The lowest BCUT2D eigenvalue weighted by Gasteiger charge is -2.38. The topological polar surface area (TPSA) is 29.3 Å². The first-order valence-corrected chi connectivity index (χ1v) is 7.67. The van der Waals surface area contributed by atoms with Gasteiger partial charge in [0.2, 0.25) is 0 Å². The molecule has 1 aromatic carbocycles. The van der Waals surface area contributed by atoms with Gasteiger partial charge in [-0.25, -0.2) is 4.39 Å². The molecule has 1 atom stereocenters. The van der Waals surface area contributed by atoms with Gasteiger partial charge < -0.3 is 5.73 Å². The molecule has 2 nitrogen and oxygen atoms in total. The molecule has 1 rings (SSSR count). The van der Waals surface area contributed by atoms with Crippen LogP contribution in [0.2, 0.25) is 0 Å². The summed E-state index contributed by atoms with van der Waals surface area (Å²) in [6, 6.07) is 6.81. The van der Waals surface area contributed by atoms with Crippen LogP contribution in [0.15, 0.2) is 24.3 Å². The fourth-order valence-electron chi connectivity index (χ4n) is 2.48. The van der Waals surface area contributed by atoms with Crippen molar-refractivity contribution in [2.45, 2.75) is 58.0 Å². The largest absolute Gasteiger partial charge is 0.329 e. The van der Waals surface area contributed by atoms with E-state index in [1.165, 1.54) is 31.7 Å². The molecule has 0 aliphatic carbocycles. The predicted octanol–water partition coefficient (Wildman–Crippen LogP) is 3.95. The summed E-state index contributed by atoms with van der Waals surface area (Å²) < 4.78 is 13.2. The van der Waals surface area contributed by atoms with Crippen LogP contribution in [0.1, 0.15) is 51.5 Å². The minimum Gasteiger partial charge on any atom is -0.329 e. The summed E-state index contributed by atoms with van der Waals surface area (Å²) in [5.41, 5.74) is 6.98. The molecule has 3 heteroatoms. The highest BCUT2D eigenvalue weighted by atomic mass is 19.1. The molecular weight excluding hydrogens is 251 g/mol. The Kier molecular flexibility index (Phi) is 7.17. The highest BCUT2D eigenvalue weighted by Gasteiger charge is 2.27. The van der Waals surface area contributed by atoms with Gasteiger partial charge in [0.25, 0.3) is 0 Å². The summed E-state index contributed by atoms with van der Waals surface area (Å²) in [7, 11) is 2.08. The average molecular weight is 280 g/mol. The molecule has 114 valence electrons. The van der Waals surface area contributed by atoms with E-state index in [-0.39, 0.29) is 11.4 Å². The van der Waals surface area contributed by atoms with Crippen LogP contribution in [0.3, 0.4) is 0 Å². The third-order valence-electron chi connectivity index (χ3n) is 4.24. The zero-order valence-corrected chi connectivity index (χ0v) is 13.2. The number of hydrogen-bond acceptors (Lipinski definition) is 2. The molecule has 0 bridgehead atoms. The Morgan fingerprint density at radius 3 is 2.60 bits per heavy atom. The number of rotatable bonds is 9. The first-order valence-electron chi connectivity index (χ1n) is 7.67. The van der Waals surface area contributed by atoms with Gasteiger partial charge in [0.05, 0.1) is 0 Å². The Labute approximate surface area is 123 Å². The van der Waals surface area contributed by atoms with Crippen LogP contribution in [-0.4, -0.2) is 24.0 Å². The van der Waals surface area contributed by atoms with Crippen LogP contribution >= 0.6 is 0 Å². The van der Waals surface area contributed by atoms with Crippen LogP contribution in [0, 0.1) is 5.82 Å². The smallest absolute Gasteiger partial charge is 0.123 e. The van der Waals surface area contributed by atoms with Gasteiger partial charge in [-0.1, -0.05) is 44.7 Å². The molecule has 2 N–H and O–H groups in total. The predicted molar refractivity (Wildman–Crippen MR) is 84.1 cm³/mol. The van der Waals surface area contributed by atoms with Crippen LogP contribution in [-0.2, 0) is 6.54 Å². The van der Waals surface area contributed by atoms with Crippen molar-refractivity contribution in [1.82, 2.24) is 4.90 Å². The van der Waals surface area contributed by atoms with Gasteiger partial charge in [0.1, 0.15) is 5.82 Å². The zero-order valence-electron chi connectivity index (χ0n) is 13.2. The van der Waals surface area contributed by atoms with Gasteiger partial charge in [-0.3, -0.25) is 4.90 Å². The Balaban J connectivity index is 2.58. The second-order valence-corrected chi connectivity index (χ2v) is 6.00. The summed E-state index contributed by atoms with van der Waals surface area (Å²) in [6.45, 7) is 5.79. The fourth-order valence-corrected chi connectivity index (χ4v) is 2.48. The van der Waals surface area contributed by atoms with E-state index < -0.39 is 0 Å². The molecule has 0 aliphatic rings. The summed E-state index contributed by atoms with van der Waals surface area (Å²) in [5, 5.41) is 0. The third-order valence-corrected chi connectivity index (χ3v) is 4.24. The van der Waals surface area contributed by atoms with Crippen molar-refractivity contribution >= 4 is 0 Å². The third kappa shape index (κ3) is 5.22. The maximum Gasteiger partial charge on any atom is 0.123 e. The van der Waals surface area contributed by atoms with E-state index in [1.54, 1.807) is 12.1 Å². The van der Waals surface area contributed by atoms with Crippen molar-refractivity contribution in [1.29, 1.82) is 0 Å². The first-order chi connectivity index (χ1) is 9.51. The van der Waals surface area contributed by atoms with Gasteiger partial charge in [-0.15, -0.1) is 0 Å². The lowest BCUT2D eigenvalue weighted by atomic mass is 9.92. The second-order valence-electron chi connectivity index (χ2n) is 6.00. The Morgan fingerprint density at radius 1 is 1.25 bits per heavy atom. The molecule has 0 aliphatic heterocycles. The summed E-state index contributed by atoms with van der Waals surface area (Å²) in [6.07, 6.45) is 6.09. The Bertz CT molecular complexity index is 394. The number of halogens is 1. The van der Waals surface area contributed by atoms with E-state index in [4.69, 9.17) is 5.73 Å². The van der Waals surface area contributed by atoms with Crippen molar-refractivity contribution in [3.8, 4) is 0 Å². The minimum atomic E-state index is -0.173. The van der Waals surface area contributed by atoms with E-state index in [9.17, 15) is 4.39 Å². The monoisotopic (exact) mass is 280 g/mol. The Morgan fingerprint density at radius 2 is 2.00 bits per heavy atom. The maximum absolute atomic E-state index is 13.2. The van der Waals surface area contributed by atoms with Crippen molar-refractivity contribution in [2.75, 3.05) is 13.6 Å². The molecule has 1 unspecified atom stereocenters. The highest BCUT2D eigenvalue weighted by Crippen LogP contribution is 2.22. The summed E-state index contributed by atoms with van der Waals surface area (Å²) in [4.78, 5) is 2.26. The van der Waals surface area contributed by atoms with E-state index in [2.05, 4.69) is 25.8 Å². The number of benzene rings is 1. The van der Waals surface area contributed by atoms with Gasteiger partial charge in [0.15, 0.2) is 0 Å². The normalized spacial score (nSPS) is 14.5. The molecule has 0 heterocycles. The van der Waals surface area contributed by atoms with E-state index >= 15 is 0 Å². The standard InChI is InChI=1S/C17H29FN2/c1-4-5-6-7-11-17(2,14-19)20(3)13-15-9-8-10-16(18)12-15/h8-10,12H,4-7,11,13-14,19H2,1-3H3. The van der Waals surface area contributed by atoms with Crippen LogP contribution in [0.25, 0.3) is 0 Å². The molecule has 20 heavy (non-hydrogen) atoms. The Hall–Kier alpha value is -0.930. The minimum absolute atomic E-state index is 0.0138. The first kappa shape index (κ1) is 17.1. The fraction of sp³-hybridized carbons (Fsp3) is 0.647. The van der Waals surface area contributed by atoms with Crippen LogP contribution in [0.5, 0.6) is 0 Å². The average Bonchev–Trinajstić information content (AvgIpc) is 2.43. The lowest BCUT2D eigenvalue weighted by molar-refractivity contribution is 0.122. The van der Waals surface area contributed by atoms with Gasteiger partial charge in [0, 0.05) is 18.6 Å². The van der Waals surface area contributed by atoms with Crippen molar-refractivity contribution in [3.63, 3.8) is 0 Å².